The number of nitrogens with one attached hydrogen (secondary N) is 2. The third-order valence-corrected chi connectivity index (χ3v) is 12.1. The number of aliphatic imine (C=N–C) groups is 1. The van der Waals surface area contributed by atoms with Crippen molar-refractivity contribution in [1.29, 1.82) is 0 Å². The van der Waals surface area contributed by atoms with Gasteiger partial charge in [0.15, 0.2) is 5.82 Å². The lowest BCUT2D eigenvalue weighted by atomic mass is 9.83. The minimum atomic E-state index is -3.88. The number of aryl methyl sites for hydroxylation is 1. The van der Waals surface area contributed by atoms with Crippen LogP contribution in [0.25, 0.3) is 10.9 Å². The molecule has 324 valence electrons. The second-order valence-electron chi connectivity index (χ2n) is 16.6. The summed E-state index contributed by atoms with van der Waals surface area (Å²) in [7, 11) is -2.39. The van der Waals surface area contributed by atoms with Crippen molar-refractivity contribution in [2.45, 2.75) is 76.9 Å². The van der Waals surface area contributed by atoms with Crippen LogP contribution in [0.4, 0.5) is 52.3 Å². The molecule has 0 radical (unpaired) electrons. The first-order valence-electron chi connectivity index (χ1n) is 18.9. The van der Waals surface area contributed by atoms with Crippen molar-refractivity contribution in [1.82, 2.24) is 24.9 Å². The molecule has 2 aromatic heterocycles. The van der Waals surface area contributed by atoms with Crippen molar-refractivity contribution in [2.75, 3.05) is 15.9 Å². The highest BCUT2D eigenvalue weighted by Gasteiger charge is 2.67. The highest BCUT2D eigenvalue weighted by Crippen LogP contribution is 2.68. The van der Waals surface area contributed by atoms with E-state index in [0.29, 0.717) is 16.3 Å². The first-order valence-corrected chi connectivity index (χ1v) is 21.1. The van der Waals surface area contributed by atoms with E-state index in [4.69, 9.17) is 16.6 Å². The normalized spacial score (nSPS) is 18.8. The quantitative estimate of drug-likeness (QED) is 0.128. The number of fused-ring (bicyclic) bond motifs is 5. The molecule has 1 amide bonds. The maximum atomic E-state index is 15.8. The van der Waals surface area contributed by atoms with Gasteiger partial charge in [0.05, 0.1) is 46.1 Å². The van der Waals surface area contributed by atoms with Gasteiger partial charge in [-0.1, -0.05) is 44.5 Å². The number of carbonyl (C=O) groups is 1. The predicted molar refractivity (Wildman–Crippen MR) is 211 cm³/mol. The highest BCUT2D eigenvalue weighted by atomic mass is 35.5. The van der Waals surface area contributed by atoms with Crippen LogP contribution in [0.5, 0.6) is 0 Å². The summed E-state index contributed by atoms with van der Waals surface area (Å²) in [6, 6.07) is 8.01. The molecule has 3 atom stereocenters. The second-order valence-corrected chi connectivity index (χ2v) is 18.8. The Kier molecular flexibility index (Phi) is 10.0. The van der Waals surface area contributed by atoms with E-state index in [9.17, 15) is 30.8 Å². The van der Waals surface area contributed by atoms with Crippen LogP contribution in [0.2, 0.25) is 5.02 Å². The number of halogens is 9. The van der Waals surface area contributed by atoms with Gasteiger partial charge in [0.1, 0.15) is 35.4 Å². The van der Waals surface area contributed by atoms with Gasteiger partial charge in [-0.15, -0.1) is 0 Å². The number of amides is 1. The summed E-state index contributed by atoms with van der Waals surface area (Å²) in [6.07, 6.45) is -2.73. The third-order valence-electron chi connectivity index (χ3n) is 11.2. The Bertz CT molecular complexity index is 2760. The van der Waals surface area contributed by atoms with Gasteiger partial charge >= 0.3 is 0 Å². The van der Waals surface area contributed by atoms with Crippen LogP contribution in [0.1, 0.15) is 73.2 Å². The zero-order valence-electron chi connectivity index (χ0n) is 33.0. The van der Waals surface area contributed by atoms with Crippen molar-refractivity contribution in [2.24, 2.45) is 23.4 Å². The van der Waals surface area contributed by atoms with Gasteiger partial charge in [-0.25, -0.2) is 39.8 Å². The lowest BCUT2D eigenvalue weighted by Crippen LogP contribution is -2.51. The van der Waals surface area contributed by atoms with E-state index in [1.165, 1.54) is 67.7 Å². The Hall–Kier alpha value is -5.24. The molecule has 3 heterocycles. The number of carbonyl (C=O) groups excluding carboxylic acids is 1. The lowest BCUT2D eigenvalue weighted by Gasteiger charge is -2.36. The topological polar surface area (TPSA) is 127 Å². The number of benzene rings is 3. The van der Waals surface area contributed by atoms with Gasteiger partial charge in [-0.3, -0.25) is 18.9 Å². The molecule has 1 fully saturated rings. The van der Waals surface area contributed by atoms with Crippen molar-refractivity contribution in [3.05, 3.63) is 98.8 Å². The molecular weight excluding hydrogens is 860 g/mol. The molecule has 11 nitrogen and oxygen atoms in total. The minimum absolute atomic E-state index is 0.00907. The van der Waals surface area contributed by atoms with Gasteiger partial charge in [-0.2, -0.15) is 19.0 Å². The molecule has 5 aromatic rings. The molecule has 0 unspecified atom stereocenters. The SMILES string of the molecule is Cn1nc(NS(C)(=O)=O)c2c(Cl)ccc(N3Cc4ccc(C(F)(F)C(C)(C)C)cc4N=C3[C@H](Cc3cc(F)cc(F)c3)NC(=O)Cn3nc(C(F)F)c4c3C(F)(F)[C@@H]3C[C@H]43)c21. The summed E-state index contributed by atoms with van der Waals surface area (Å²) in [5.74, 6) is -12.2. The molecule has 1 saturated carbocycles. The predicted octanol–water partition coefficient (Wildman–Crippen LogP) is 8.84. The maximum absolute atomic E-state index is 15.8. The largest absolute Gasteiger partial charge is 0.344 e. The Balaban J connectivity index is 1.29. The van der Waals surface area contributed by atoms with E-state index in [2.05, 4.69) is 20.2 Å². The Morgan fingerprint density at radius 3 is 2.36 bits per heavy atom. The van der Waals surface area contributed by atoms with Crippen molar-refractivity contribution in [3.8, 4) is 0 Å². The summed E-state index contributed by atoms with van der Waals surface area (Å²) < 4.78 is 149. The molecule has 0 saturated heterocycles. The summed E-state index contributed by atoms with van der Waals surface area (Å²) in [5, 5.41) is 11.0. The van der Waals surface area contributed by atoms with E-state index in [-0.39, 0.29) is 68.6 Å². The van der Waals surface area contributed by atoms with Gasteiger partial charge in [-0.05, 0) is 53.8 Å². The van der Waals surface area contributed by atoms with E-state index >= 15 is 17.6 Å². The van der Waals surface area contributed by atoms with E-state index in [1.54, 1.807) is 0 Å². The van der Waals surface area contributed by atoms with E-state index in [1.807, 2.05) is 0 Å². The number of nitrogens with zero attached hydrogens (tertiary/aromatic N) is 6. The van der Waals surface area contributed by atoms with Crippen LogP contribution in [-0.2, 0) is 53.2 Å². The average molecular weight is 897 g/mol. The standard InChI is InChI=1S/C40H37ClF8N8O3S/c1-38(2,3)40(48,49)20-7-6-19-16-56(28-9-8-25(41)31-33(28)55(4)53-36(31)54-61(5,59)60)37(51-26(19)13-20)27(12-18-10-21(42)14-22(43)11-18)50-29(58)17-57-34-30(32(52-57)35(44)45)23-15-24(23)39(34,46)47/h6-11,13-14,23-24,27,35H,12,15-17H2,1-5H3,(H,50,58)(H,53,54)/t23-,24+,27-/m0/s1. The summed E-state index contributed by atoms with van der Waals surface area (Å²) in [4.78, 5) is 20.4. The number of alkyl halides is 6. The smallest absolute Gasteiger partial charge is 0.293 e. The van der Waals surface area contributed by atoms with Gasteiger partial charge in [0, 0.05) is 42.0 Å². The molecule has 8 rings (SSSR count). The molecule has 1 aliphatic heterocycles. The molecule has 2 N–H and O–H groups in total. The Morgan fingerprint density at radius 2 is 1.72 bits per heavy atom. The number of hydrogen-bond donors (Lipinski definition) is 2. The number of amidine groups is 1. The van der Waals surface area contributed by atoms with E-state index < -0.39 is 93.5 Å². The first kappa shape index (κ1) is 42.5. The fraction of sp³-hybridized carbons (Fsp3) is 0.400. The molecule has 0 bridgehead atoms. The van der Waals surface area contributed by atoms with Crippen molar-refractivity contribution < 1.29 is 48.3 Å². The maximum Gasteiger partial charge on any atom is 0.293 e. The zero-order valence-corrected chi connectivity index (χ0v) is 34.5. The number of rotatable bonds is 11. The van der Waals surface area contributed by atoms with Crippen LogP contribution in [0.15, 0.2) is 53.5 Å². The van der Waals surface area contributed by atoms with Crippen LogP contribution < -0.4 is 14.9 Å². The molecule has 2 aliphatic carbocycles. The summed E-state index contributed by atoms with van der Waals surface area (Å²) in [6.45, 7) is 2.96. The zero-order chi connectivity index (χ0) is 44.3. The average Bonchev–Trinajstić information content (AvgIpc) is 3.68. The molecule has 21 heteroatoms. The van der Waals surface area contributed by atoms with Crippen molar-refractivity contribution >= 4 is 61.5 Å². The fourth-order valence-corrected chi connectivity index (χ4v) is 9.02. The molecule has 0 spiro atoms. The van der Waals surface area contributed by atoms with Crippen LogP contribution in [0, 0.1) is 23.0 Å². The number of hydrogen-bond acceptors (Lipinski definition) is 7. The van der Waals surface area contributed by atoms with Gasteiger partial charge < -0.3 is 10.2 Å². The lowest BCUT2D eigenvalue weighted by molar-refractivity contribution is -0.122. The van der Waals surface area contributed by atoms with Gasteiger partial charge in [0.25, 0.3) is 18.3 Å². The van der Waals surface area contributed by atoms with Crippen LogP contribution in [-0.4, -0.2) is 52.0 Å². The molecule has 3 aliphatic rings. The monoisotopic (exact) mass is 896 g/mol. The van der Waals surface area contributed by atoms with Gasteiger partial charge in [0.2, 0.25) is 15.9 Å². The molecule has 61 heavy (non-hydrogen) atoms. The summed E-state index contributed by atoms with van der Waals surface area (Å²) in [5.41, 5.74) is -2.94. The summed E-state index contributed by atoms with van der Waals surface area (Å²) >= 11 is 6.62. The molecular formula is C40H37ClF8N8O3S. The van der Waals surface area contributed by atoms with Crippen LogP contribution >= 0.6 is 11.6 Å². The second kappa shape index (κ2) is 14.4. The fourth-order valence-electron chi connectivity index (χ4n) is 8.29. The van der Waals surface area contributed by atoms with Crippen LogP contribution in [0.3, 0.4) is 0 Å². The van der Waals surface area contributed by atoms with Crippen molar-refractivity contribution in [3.63, 3.8) is 0 Å². The third kappa shape index (κ3) is 7.48. The Labute approximate surface area is 348 Å². The number of sulfonamides is 1. The Morgan fingerprint density at radius 1 is 1.03 bits per heavy atom. The number of anilines is 2. The number of aromatic nitrogens is 4. The molecule has 3 aromatic carbocycles. The first-order chi connectivity index (χ1) is 28.4. The highest BCUT2D eigenvalue weighted by molar-refractivity contribution is 7.92. The minimum Gasteiger partial charge on any atom is -0.344 e. The van der Waals surface area contributed by atoms with E-state index in [0.717, 1.165) is 18.4 Å².